The fourth-order valence-electron chi connectivity index (χ4n) is 1.30. The van der Waals surface area contributed by atoms with Crippen molar-refractivity contribution in [2.24, 2.45) is 0 Å². The number of ether oxygens (including phenoxy) is 1. The minimum absolute atomic E-state index is 0.355. The summed E-state index contributed by atoms with van der Waals surface area (Å²) in [6.07, 6.45) is 1.38. The summed E-state index contributed by atoms with van der Waals surface area (Å²) in [6, 6.07) is 2.04. The molecule has 1 aromatic heterocycles. The lowest BCUT2D eigenvalue weighted by atomic mass is 10.1. The van der Waals surface area contributed by atoms with E-state index in [1.807, 2.05) is 18.4 Å². The maximum Gasteiger partial charge on any atom is 0.0906 e. The van der Waals surface area contributed by atoms with Crippen LogP contribution in [0.1, 0.15) is 36.3 Å². The molecule has 1 heterocycles. The second-order valence-corrected chi connectivity index (χ2v) is 4.33. The number of thiophene rings is 1. The lowest BCUT2D eigenvalue weighted by Crippen LogP contribution is -2.03. The van der Waals surface area contributed by atoms with Gasteiger partial charge in [0.05, 0.1) is 6.10 Å². The Morgan fingerprint density at radius 2 is 2.29 bits per heavy atom. The van der Waals surface area contributed by atoms with Gasteiger partial charge in [0.1, 0.15) is 0 Å². The predicted octanol–water partition coefficient (Wildman–Crippen LogP) is 2.91. The zero-order valence-corrected chi connectivity index (χ0v) is 9.64. The largest absolute Gasteiger partial charge is 0.387 e. The van der Waals surface area contributed by atoms with Crippen LogP contribution in [0.3, 0.4) is 0 Å². The summed E-state index contributed by atoms with van der Waals surface area (Å²) in [6.45, 7) is 5.55. The van der Waals surface area contributed by atoms with Crippen molar-refractivity contribution in [1.29, 1.82) is 0 Å². The van der Waals surface area contributed by atoms with Gasteiger partial charge in [-0.1, -0.05) is 6.92 Å². The van der Waals surface area contributed by atoms with Crippen LogP contribution in [0.4, 0.5) is 0 Å². The molecule has 1 atom stereocenters. The van der Waals surface area contributed by atoms with Gasteiger partial charge in [-0.05, 0) is 30.4 Å². The summed E-state index contributed by atoms with van der Waals surface area (Å²) in [5.41, 5.74) is 1.18. The molecule has 0 saturated heterocycles. The van der Waals surface area contributed by atoms with Crippen molar-refractivity contribution in [3.8, 4) is 0 Å². The third-order valence-electron chi connectivity index (χ3n) is 2.09. The topological polar surface area (TPSA) is 29.5 Å². The van der Waals surface area contributed by atoms with Gasteiger partial charge in [0.25, 0.3) is 0 Å². The van der Waals surface area contributed by atoms with E-state index < -0.39 is 0 Å². The van der Waals surface area contributed by atoms with Crippen molar-refractivity contribution < 1.29 is 9.84 Å². The number of aliphatic hydroxyl groups excluding tert-OH is 1. The molecule has 0 bridgehead atoms. The predicted molar refractivity (Wildman–Crippen MR) is 59.7 cm³/mol. The molecule has 0 fully saturated rings. The van der Waals surface area contributed by atoms with Crippen molar-refractivity contribution in [3.05, 3.63) is 21.9 Å². The minimum atomic E-state index is -0.355. The molecule has 0 saturated carbocycles. The van der Waals surface area contributed by atoms with Gasteiger partial charge >= 0.3 is 0 Å². The highest BCUT2D eigenvalue weighted by atomic mass is 32.1. The molecule has 0 radical (unpaired) electrons. The average molecular weight is 214 g/mol. The number of hydrogen-bond acceptors (Lipinski definition) is 3. The highest BCUT2D eigenvalue weighted by Gasteiger charge is 2.10. The van der Waals surface area contributed by atoms with E-state index >= 15 is 0 Å². The summed E-state index contributed by atoms with van der Waals surface area (Å²) >= 11 is 1.62. The summed E-state index contributed by atoms with van der Waals surface area (Å²) in [5.74, 6) is 0. The van der Waals surface area contributed by atoms with Crippen LogP contribution < -0.4 is 0 Å². The van der Waals surface area contributed by atoms with Crippen molar-refractivity contribution in [2.75, 3.05) is 13.2 Å². The molecule has 1 unspecified atom stereocenters. The Morgan fingerprint density at radius 1 is 1.50 bits per heavy atom. The van der Waals surface area contributed by atoms with Crippen LogP contribution >= 0.6 is 11.3 Å². The number of rotatable bonds is 6. The third kappa shape index (κ3) is 3.40. The maximum absolute atomic E-state index is 9.82. The summed E-state index contributed by atoms with van der Waals surface area (Å²) in [4.78, 5) is 1.07. The molecule has 1 rings (SSSR count). The summed E-state index contributed by atoms with van der Waals surface area (Å²) in [5, 5.41) is 11.8. The van der Waals surface area contributed by atoms with E-state index in [9.17, 15) is 5.11 Å². The third-order valence-corrected chi connectivity index (χ3v) is 3.21. The molecule has 0 aliphatic carbocycles. The molecule has 1 N–H and O–H groups in total. The molecule has 80 valence electrons. The van der Waals surface area contributed by atoms with Crippen molar-refractivity contribution in [2.45, 2.75) is 32.8 Å². The number of hydrogen-bond donors (Lipinski definition) is 1. The van der Waals surface area contributed by atoms with Crippen LogP contribution in [0.2, 0.25) is 0 Å². The molecule has 0 aliphatic heterocycles. The van der Waals surface area contributed by atoms with E-state index in [1.165, 1.54) is 5.56 Å². The molecular formula is C11H18O2S. The smallest absolute Gasteiger partial charge is 0.0906 e. The first-order chi connectivity index (χ1) is 6.75. The van der Waals surface area contributed by atoms with Crippen LogP contribution in [0, 0.1) is 6.92 Å². The quantitative estimate of drug-likeness (QED) is 0.738. The molecular weight excluding hydrogens is 196 g/mol. The molecule has 2 nitrogen and oxygen atoms in total. The van der Waals surface area contributed by atoms with E-state index in [0.29, 0.717) is 13.0 Å². The van der Waals surface area contributed by atoms with Crippen LogP contribution in [0.15, 0.2) is 11.4 Å². The molecule has 1 aromatic rings. The van der Waals surface area contributed by atoms with Crippen LogP contribution in [-0.2, 0) is 4.74 Å². The van der Waals surface area contributed by atoms with Crippen molar-refractivity contribution in [1.82, 2.24) is 0 Å². The molecule has 0 aliphatic rings. The molecule has 14 heavy (non-hydrogen) atoms. The van der Waals surface area contributed by atoms with Gasteiger partial charge in [0, 0.05) is 24.5 Å². The van der Waals surface area contributed by atoms with Gasteiger partial charge in [-0.3, -0.25) is 0 Å². The second kappa shape index (κ2) is 6.17. The van der Waals surface area contributed by atoms with E-state index in [-0.39, 0.29) is 6.10 Å². The normalized spacial score (nSPS) is 13.1. The van der Waals surface area contributed by atoms with E-state index in [2.05, 4.69) is 6.92 Å². The van der Waals surface area contributed by atoms with Gasteiger partial charge in [0.15, 0.2) is 0 Å². The number of aliphatic hydroxyl groups is 1. The lowest BCUT2D eigenvalue weighted by molar-refractivity contribution is 0.0834. The van der Waals surface area contributed by atoms with Crippen LogP contribution in [0.25, 0.3) is 0 Å². The fraction of sp³-hybridized carbons (Fsp3) is 0.636. The zero-order chi connectivity index (χ0) is 10.4. The van der Waals surface area contributed by atoms with Gasteiger partial charge in [-0.2, -0.15) is 0 Å². The Bertz CT molecular complexity index is 258. The maximum atomic E-state index is 9.82. The van der Waals surface area contributed by atoms with E-state index in [4.69, 9.17) is 4.74 Å². The van der Waals surface area contributed by atoms with E-state index in [1.54, 1.807) is 11.3 Å². The van der Waals surface area contributed by atoms with E-state index in [0.717, 1.165) is 17.9 Å². The van der Waals surface area contributed by atoms with Crippen LogP contribution in [0.5, 0.6) is 0 Å². The van der Waals surface area contributed by atoms with Gasteiger partial charge in [-0.25, -0.2) is 0 Å². The molecule has 0 amide bonds. The first-order valence-corrected chi connectivity index (χ1v) is 5.93. The van der Waals surface area contributed by atoms with Gasteiger partial charge < -0.3 is 9.84 Å². The SMILES string of the molecule is CCCOCCC(O)c1sccc1C. The molecule has 0 aromatic carbocycles. The Balaban J connectivity index is 2.28. The van der Waals surface area contributed by atoms with Gasteiger partial charge in [0.2, 0.25) is 0 Å². The monoisotopic (exact) mass is 214 g/mol. The van der Waals surface area contributed by atoms with Crippen LogP contribution in [-0.4, -0.2) is 18.3 Å². The Hall–Kier alpha value is -0.380. The standard InChI is InChI=1S/C11H18O2S/c1-3-6-13-7-4-10(12)11-9(2)5-8-14-11/h5,8,10,12H,3-4,6-7H2,1-2H3. The highest BCUT2D eigenvalue weighted by molar-refractivity contribution is 7.10. The molecule has 3 heteroatoms. The Labute approximate surface area is 89.5 Å². The zero-order valence-electron chi connectivity index (χ0n) is 8.82. The van der Waals surface area contributed by atoms with Gasteiger partial charge in [-0.15, -0.1) is 11.3 Å². The number of aryl methyl sites for hydroxylation is 1. The van der Waals surface area contributed by atoms with Crippen molar-refractivity contribution in [3.63, 3.8) is 0 Å². The lowest BCUT2D eigenvalue weighted by Gasteiger charge is -2.09. The summed E-state index contributed by atoms with van der Waals surface area (Å²) in [7, 11) is 0. The first-order valence-electron chi connectivity index (χ1n) is 5.05. The fourth-order valence-corrected chi connectivity index (χ4v) is 2.25. The second-order valence-electron chi connectivity index (χ2n) is 3.38. The first kappa shape index (κ1) is 11.7. The Morgan fingerprint density at radius 3 is 2.86 bits per heavy atom. The highest BCUT2D eigenvalue weighted by Crippen LogP contribution is 2.25. The molecule has 0 spiro atoms. The minimum Gasteiger partial charge on any atom is -0.387 e. The van der Waals surface area contributed by atoms with Crippen molar-refractivity contribution >= 4 is 11.3 Å². The Kier molecular flexibility index (Phi) is 5.15. The average Bonchev–Trinajstić information content (AvgIpc) is 2.59. The summed E-state index contributed by atoms with van der Waals surface area (Å²) < 4.78 is 5.34.